The Morgan fingerprint density at radius 1 is 1.03 bits per heavy atom. The van der Waals surface area contributed by atoms with Crippen LogP contribution in [0.25, 0.3) is 11.3 Å². The van der Waals surface area contributed by atoms with Crippen molar-refractivity contribution in [2.24, 2.45) is 11.1 Å². The molecule has 9 nitrogen and oxygen atoms in total. The lowest BCUT2D eigenvalue weighted by molar-refractivity contribution is -0.121. The number of nitrogens with one attached hydrogen (secondary N) is 1. The van der Waals surface area contributed by atoms with E-state index in [0.717, 1.165) is 5.56 Å². The molecule has 2 amide bonds. The van der Waals surface area contributed by atoms with Crippen molar-refractivity contribution in [2.45, 2.75) is 17.7 Å². The highest BCUT2D eigenvalue weighted by molar-refractivity contribution is 7.89. The van der Waals surface area contributed by atoms with Crippen LogP contribution in [0.4, 0.5) is 5.69 Å². The van der Waals surface area contributed by atoms with Crippen molar-refractivity contribution in [2.75, 3.05) is 18.4 Å². The largest absolute Gasteiger partial charge is 0.350 e. The van der Waals surface area contributed by atoms with Gasteiger partial charge in [-0.3, -0.25) is 9.59 Å². The van der Waals surface area contributed by atoms with Gasteiger partial charge in [-0.1, -0.05) is 35.5 Å². The number of nitrogens with zero attached hydrogens (tertiary/aromatic N) is 2. The van der Waals surface area contributed by atoms with E-state index in [1.54, 1.807) is 11.0 Å². The molecule has 0 spiro atoms. The Morgan fingerprint density at radius 3 is 2.31 bits per heavy atom. The second-order valence-electron chi connectivity index (χ2n) is 7.57. The summed E-state index contributed by atoms with van der Waals surface area (Å²) < 4.78 is 27.9. The van der Waals surface area contributed by atoms with Gasteiger partial charge in [-0.15, -0.1) is 0 Å². The van der Waals surface area contributed by atoms with E-state index in [4.69, 9.17) is 9.66 Å². The number of likely N-dealkylation sites (tertiary alicyclic amines) is 1. The Morgan fingerprint density at radius 2 is 1.69 bits per heavy atom. The van der Waals surface area contributed by atoms with E-state index >= 15 is 0 Å². The molecule has 0 aliphatic carbocycles. The lowest BCUT2D eigenvalue weighted by atomic mass is 9.95. The summed E-state index contributed by atoms with van der Waals surface area (Å²) in [7, 11) is -3.78. The van der Waals surface area contributed by atoms with Crippen molar-refractivity contribution >= 4 is 27.5 Å². The van der Waals surface area contributed by atoms with Crippen LogP contribution in [0.15, 0.2) is 70.1 Å². The summed E-state index contributed by atoms with van der Waals surface area (Å²) in [4.78, 5) is 27.0. The summed E-state index contributed by atoms with van der Waals surface area (Å²) in [5.41, 5.74) is 1.94. The summed E-state index contributed by atoms with van der Waals surface area (Å²) >= 11 is 0. The third-order valence-electron chi connectivity index (χ3n) is 5.39. The van der Waals surface area contributed by atoms with Gasteiger partial charge in [0.05, 0.1) is 4.90 Å². The molecule has 2 aromatic carbocycles. The number of primary sulfonamides is 1. The van der Waals surface area contributed by atoms with Gasteiger partial charge in [0.2, 0.25) is 21.7 Å². The average molecular weight is 455 g/mol. The first kappa shape index (κ1) is 21.7. The van der Waals surface area contributed by atoms with E-state index in [0.29, 0.717) is 37.3 Å². The van der Waals surface area contributed by atoms with Crippen LogP contribution in [-0.4, -0.2) is 43.4 Å². The molecule has 1 saturated heterocycles. The summed E-state index contributed by atoms with van der Waals surface area (Å²) in [5, 5.41) is 11.8. The molecule has 3 N–H and O–H groups in total. The third kappa shape index (κ3) is 4.87. The quantitative estimate of drug-likeness (QED) is 0.608. The number of carbonyl (C=O) groups is 2. The molecule has 0 bridgehead atoms. The normalized spacial score (nSPS) is 14.8. The molecule has 1 aromatic heterocycles. The Hall–Kier alpha value is -3.50. The van der Waals surface area contributed by atoms with Crippen molar-refractivity contribution in [3.05, 3.63) is 66.4 Å². The third-order valence-corrected chi connectivity index (χ3v) is 6.32. The van der Waals surface area contributed by atoms with Crippen LogP contribution in [0.3, 0.4) is 0 Å². The fourth-order valence-corrected chi connectivity index (χ4v) is 4.11. The zero-order valence-corrected chi connectivity index (χ0v) is 17.9. The minimum atomic E-state index is -3.78. The number of sulfonamides is 1. The smallest absolute Gasteiger partial charge is 0.292 e. The molecule has 32 heavy (non-hydrogen) atoms. The van der Waals surface area contributed by atoms with E-state index in [1.165, 1.54) is 24.3 Å². The number of anilines is 1. The van der Waals surface area contributed by atoms with Crippen molar-refractivity contribution in [3.63, 3.8) is 0 Å². The van der Waals surface area contributed by atoms with Crippen molar-refractivity contribution in [1.29, 1.82) is 0 Å². The number of nitrogens with two attached hydrogens (primary N) is 1. The maximum Gasteiger partial charge on any atom is 0.292 e. The number of benzene rings is 2. The van der Waals surface area contributed by atoms with E-state index < -0.39 is 10.0 Å². The number of rotatable bonds is 5. The minimum absolute atomic E-state index is 0.0230. The Bertz CT molecular complexity index is 1210. The highest BCUT2D eigenvalue weighted by Crippen LogP contribution is 2.24. The zero-order chi connectivity index (χ0) is 22.7. The fourth-order valence-electron chi connectivity index (χ4n) is 3.59. The van der Waals surface area contributed by atoms with E-state index in [-0.39, 0.29) is 28.4 Å². The summed E-state index contributed by atoms with van der Waals surface area (Å²) in [6, 6.07) is 16.7. The Labute approximate surface area is 185 Å². The maximum absolute atomic E-state index is 12.8. The topological polar surface area (TPSA) is 136 Å². The highest BCUT2D eigenvalue weighted by Gasteiger charge is 2.29. The van der Waals surface area contributed by atoms with Crippen LogP contribution >= 0.6 is 0 Å². The number of hydrogen-bond acceptors (Lipinski definition) is 6. The lowest BCUT2D eigenvalue weighted by Crippen LogP contribution is -2.41. The molecule has 0 atom stereocenters. The predicted octanol–water partition coefficient (Wildman–Crippen LogP) is 2.48. The van der Waals surface area contributed by atoms with Crippen LogP contribution in [0.5, 0.6) is 0 Å². The van der Waals surface area contributed by atoms with Gasteiger partial charge in [0.25, 0.3) is 5.91 Å². The van der Waals surface area contributed by atoms with Gasteiger partial charge in [-0.2, -0.15) is 0 Å². The predicted molar refractivity (Wildman–Crippen MR) is 117 cm³/mol. The number of piperidine rings is 1. The van der Waals surface area contributed by atoms with Crippen molar-refractivity contribution in [1.82, 2.24) is 10.1 Å². The zero-order valence-electron chi connectivity index (χ0n) is 17.1. The first-order valence-electron chi connectivity index (χ1n) is 10.1. The molecular formula is C22H22N4O5S. The minimum Gasteiger partial charge on any atom is -0.350 e. The molecule has 1 aliphatic heterocycles. The summed E-state index contributed by atoms with van der Waals surface area (Å²) in [5.74, 6) is -0.517. The number of carbonyl (C=O) groups excluding carboxylic acids is 2. The first-order chi connectivity index (χ1) is 15.3. The van der Waals surface area contributed by atoms with E-state index in [9.17, 15) is 18.0 Å². The van der Waals surface area contributed by atoms with Gasteiger partial charge >= 0.3 is 0 Å². The molecule has 3 aromatic rings. The monoisotopic (exact) mass is 454 g/mol. The Kier molecular flexibility index (Phi) is 6.06. The second-order valence-corrected chi connectivity index (χ2v) is 9.13. The maximum atomic E-state index is 12.8. The number of hydrogen-bond donors (Lipinski definition) is 2. The second kappa shape index (κ2) is 8.93. The van der Waals surface area contributed by atoms with Gasteiger partial charge in [-0.25, -0.2) is 13.6 Å². The summed E-state index contributed by atoms with van der Waals surface area (Å²) in [6.45, 7) is 0.839. The molecular weight excluding hydrogens is 432 g/mol. The van der Waals surface area contributed by atoms with Crippen LogP contribution in [0, 0.1) is 5.92 Å². The van der Waals surface area contributed by atoms with Crippen LogP contribution in [0.1, 0.15) is 23.4 Å². The SMILES string of the molecule is NS(=O)(=O)c1ccc(NC(=O)C2CCN(C(=O)c3cc(-c4ccccc4)no3)CC2)cc1. The molecule has 0 unspecified atom stereocenters. The fraction of sp³-hybridized carbons (Fsp3) is 0.227. The molecule has 10 heteroatoms. The van der Waals surface area contributed by atoms with Gasteiger partial charge in [0.15, 0.2) is 0 Å². The van der Waals surface area contributed by atoms with Gasteiger partial charge < -0.3 is 14.7 Å². The molecule has 2 heterocycles. The first-order valence-corrected chi connectivity index (χ1v) is 11.6. The van der Waals surface area contributed by atoms with Crippen LogP contribution < -0.4 is 10.5 Å². The van der Waals surface area contributed by atoms with Crippen molar-refractivity contribution < 1.29 is 22.5 Å². The molecule has 0 saturated carbocycles. The standard InChI is InChI=1S/C22H22N4O5S/c23-32(29,30)18-8-6-17(7-9-18)24-21(27)16-10-12-26(13-11-16)22(28)20-14-19(25-31-20)15-4-2-1-3-5-15/h1-9,14,16H,10-13H2,(H,24,27)(H2,23,29,30). The molecule has 1 aliphatic rings. The lowest BCUT2D eigenvalue weighted by Gasteiger charge is -2.30. The number of amides is 2. The van der Waals surface area contributed by atoms with Crippen LogP contribution in [0.2, 0.25) is 0 Å². The molecule has 4 rings (SSSR count). The molecule has 0 radical (unpaired) electrons. The van der Waals surface area contributed by atoms with E-state index in [2.05, 4.69) is 10.5 Å². The van der Waals surface area contributed by atoms with Gasteiger partial charge in [0, 0.05) is 36.3 Å². The number of aromatic nitrogens is 1. The molecule has 1 fully saturated rings. The Balaban J connectivity index is 1.32. The average Bonchev–Trinajstić information content (AvgIpc) is 3.29. The highest BCUT2D eigenvalue weighted by atomic mass is 32.2. The van der Waals surface area contributed by atoms with Gasteiger partial charge in [-0.05, 0) is 37.1 Å². The van der Waals surface area contributed by atoms with E-state index in [1.807, 2.05) is 30.3 Å². The van der Waals surface area contributed by atoms with Crippen molar-refractivity contribution in [3.8, 4) is 11.3 Å². The molecule has 166 valence electrons. The summed E-state index contributed by atoms with van der Waals surface area (Å²) in [6.07, 6.45) is 1.01. The van der Waals surface area contributed by atoms with Crippen LogP contribution in [-0.2, 0) is 14.8 Å². The van der Waals surface area contributed by atoms with Gasteiger partial charge in [0.1, 0.15) is 5.69 Å².